The second-order valence-corrected chi connectivity index (χ2v) is 5.36. The Balaban J connectivity index is 2.07. The molecule has 0 fully saturated rings. The Bertz CT molecular complexity index is 530. The number of halogens is 1. The molecule has 2 rings (SSSR count). The first-order valence-electron chi connectivity index (χ1n) is 6.56. The Hall–Kier alpha value is -1.52. The van der Waals surface area contributed by atoms with Crippen LogP contribution in [0.2, 0.25) is 5.02 Å². The van der Waals surface area contributed by atoms with Crippen LogP contribution in [-0.2, 0) is 0 Å². The third-order valence-electron chi connectivity index (χ3n) is 3.37. The van der Waals surface area contributed by atoms with Crippen LogP contribution >= 0.6 is 11.6 Å². The van der Waals surface area contributed by atoms with Gasteiger partial charge < -0.3 is 15.2 Å². The zero-order valence-electron chi connectivity index (χ0n) is 11.4. The lowest BCUT2D eigenvalue weighted by Crippen LogP contribution is -2.42. The highest BCUT2D eigenvalue weighted by atomic mass is 35.5. The summed E-state index contributed by atoms with van der Waals surface area (Å²) in [5.74, 6) is 0.148. The van der Waals surface area contributed by atoms with E-state index in [1.54, 1.807) is 24.3 Å². The molecule has 1 aromatic rings. The van der Waals surface area contributed by atoms with Crippen molar-refractivity contribution in [3.8, 4) is 5.75 Å². The van der Waals surface area contributed by atoms with Gasteiger partial charge in [-0.1, -0.05) is 23.8 Å². The zero-order valence-corrected chi connectivity index (χ0v) is 12.1. The van der Waals surface area contributed by atoms with Crippen molar-refractivity contribution in [2.75, 3.05) is 13.7 Å². The number of benzene rings is 1. The monoisotopic (exact) mass is 295 g/mol. The van der Waals surface area contributed by atoms with Gasteiger partial charge in [-0.05, 0) is 37.5 Å². The van der Waals surface area contributed by atoms with Gasteiger partial charge in [0.1, 0.15) is 5.75 Å². The van der Waals surface area contributed by atoms with Crippen LogP contribution in [0.4, 0.5) is 0 Å². The zero-order chi connectivity index (χ0) is 14.6. The smallest absolute Gasteiger partial charge is 0.255 e. The third-order valence-corrected chi connectivity index (χ3v) is 3.60. The van der Waals surface area contributed by atoms with Crippen molar-refractivity contribution in [2.24, 2.45) is 0 Å². The number of ether oxygens (including phenoxy) is 1. The van der Waals surface area contributed by atoms with E-state index in [1.165, 1.54) is 7.11 Å². The number of carbonyl (C=O) groups is 1. The molecule has 20 heavy (non-hydrogen) atoms. The van der Waals surface area contributed by atoms with E-state index in [1.807, 2.05) is 6.08 Å². The fourth-order valence-electron chi connectivity index (χ4n) is 2.25. The Morgan fingerprint density at radius 3 is 3.00 bits per heavy atom. The van der Waals surface area contributed by atoms with Gasteiger partial charge in [0.05, 0.1) is 24.8 Å². The Morgan fingerprint density at radius 1 is 1.55 bits per heavy atom. The van der Waals surface area contributed by atoms with Gasteiger partial charge in [-0.2, -0.15) is 0 Å². The van der Waals surface area contributed by atoms with Gasteiger partial charge in [0.25, 0.3) is 5.91 Å². The van der Waals surface area contributed by atoms with Crippen molar-refractivity contribution < 1.29 is 14.6 Å². The fraction of sp³-hybridized carbons (Fsp3) is 0.400. The highest BCUT2D eigenvalue weighted by Crippen LogP contribution is 2.24. The Kier molecular flexibility index (Phi) is 4.68. The van der Waals surface area contributed by atoms with E-state index in [9.17, 15) is 9.90 Å². The molecule has 0 aliphatic heterocycles. The van der Waals surface area contributed by atoms with E-state index < -0.39 is 5.60 Å². The number of aliphatic hydroxyl groups is 1. The molecule has 0 saturated carbocycles. The second-order valence-electron chi connectivity index (χ2n) is 4.93. The van der Waals surface area contributed by atoms with E-state index in [2.05, 4.69) is 5.32 Å². The summed E-state index contributed by atoms with van der Waals surface area (Å²) in [7, 11) is 1.50. The predicted molar refractivity (Wildman–Crippen MR) is 78.3 cm³/mol. The molecule has 1 aliphatic rings. The fourth-order valence-corrected chi connectivity index (χ4v) is 2.42. The lowest BCUT2D eigenvalue weighted by atomic mass is 9.91. The van der Waals surface area contributed by atoms with Gasteiger partial charge in [-0.15, -0.1) is 0 Å². The normalized spacial score (nSPS) is 21.6. The summed E-state index contributed by atoms with van der Waals surface area (Å²) in [6.45, 7) is 0.179. The van der Waals surface area contributed by atoms with E-state index in [0.717, 1.165) is 12.8 Å². The lowest BCUT2D eigenvalue weighted by molar-refractivity contribution is 0.0659. The maximum atomic E-state index is 12.2. The van der Waals surface area contributed by atoms with Crippen molar-refractivity contribution >= 4 is 17.5 Å². The van der Waals surface area contributed by atoms with Gasteiger partial charge in [-0.25, -0.2) is 0 Å². The van der Waals surface area contributed by atoms with Crippen molar-refractivity contribution in [3.63, 3.8) is 0 Å². The van der Waals surface area contributed by atoms with E-state index >= 15 is 0 Å². The number of rotatable bonds is 4. The molecule has 0 spiro atoms. The van der Waals surface area contributed by atoms with Crippen LogP contribution in [0.15, 0.2) is 30.4 Å². The van der Waals surface area contributed by atoms with Crippen molar-refractivity contribution in [1.29, 1.82) is 0 Å². The van der Waals surface area contributed by atoms with E-state index in [4.69, 9.17) is 16.3 Å². The standard InChI is InChI=1S/C15H18ClNO3/c1-20-13-6-5-11(16)9-12(13)14(18)17-10-15(19)7-3-2-4-8-15/h3,5-7,9,19H,2,4,8,10H2,1H3,(H,17,18). The Labute approximate surface area is 123 Å². The van der Waals surface area contributed by atoms with Gasteiger partial charge in [0, 0.05) is 5.02 Å². The molecule has 0 radical (unpaired) electrons. The Morgan fingerprint density at radius 2 is 2.35 bits per heavy atom. The first-order chi connectivity index (χ1) is 9.54. The predicted octanol–water partition coefficient (Wildman–Crippen LogP) is 2.55. The maximum absolute atomic E-state index is 12.2. The summed E-state index contributed by atoms with van der Waals surface area (Å²) in [5, 5.41) is 13.5. The van der Waals surface area contributed by atoms with Crippen LogP contribution in [0.25, 0.3) is 0 Å². The van der Waals surface area contributed by atoms with Crippen molar-refractivity contribution in [3.05, 3.63) is 40.9 Å². The summed E-state index contributed by atoms with van der Waals surface area (Å²) in [4.78, 5) is 12.2. The molecule has 0 aromatic heterocycles. The van der Waals surface area contributed by atoms with E-state index in [0.29, 0.717) is 22.8 Å². The number of carbonyl (C=O) groups excluding carboxylic acids is 1. The van der Waals surface area contributed by atoms with Crippen LogP contribution in [0, 0.1) is 0 Å². The van der Waals surface area contributed by atoms with Crippen molar-refractivity contribution in [2.45, 2.75) is 24.9 Å². The maximum Gasteiger partial charge on any atom is 0.255 e. The molecule has 2 N–H and O–H groups in total. The molecule has 1 atom stereocenters. The molecule has 1 aromatic carbocycles. The van der Waals surface area contributed by atoms with Gasteiger partial charge in [-0.3, -0.25) is 4.79 Å². The first kappa shape index (κ1) is 14.9. The van der Waals surface area contributed by atoms with Crippen LogP contribution in [0.3, 0.4) is 0 Å². The molecule has 0 heterocycles. The molecule has 5 heteroatoms. The quantitative estimate of drug-likeness (QED) is 0.839. The van der Waals surface area contributed by atoms with Gasteiger partial charge in [0.2, 0.25) is 0 Å². The van der Waals surface area contributed by atoms with Crippen LogP contribution in [0.1, 0.15) is 29.6 Å². The minimum atomic E-state index is -0.959. The van der Waals surface area contributed by atoms with E-state index in [-0.39, 0.29) is 12.5 Å². The number of hydrogen-bond acceptors (Lipinski definition) is 3. The molecule has 4 nitrogen and oxygen atoms in total. The topological polar surface area (TPSA) is 58.6 Å². The number of amides is 1. The van der Waals surface area contributed by atoms with Crippen molar-refractivity contribution in [1.82, 2.24) is 5.32 Å². The molecule has 0 saturated heterocycles. The number of nitrogens with one attached hydrogen (secondary N) is 1. The number of methoxy groups -OCH3 is 1. The highest BCUT2D eigenvalue weighted by molar-refractivity contribution is 6.31. The summed E-state index contributed by atoms with van der Waals surface area (Å²) in [6, 6.07) is 4.86. The summed E-state index contributed by atoms with van der Waals surface area (Å²) >= 11 is 5.90. The minimum absolute atomic E-state index is 0.179. The van der Waals surface area contributed by atoms with Gasteiger partial charge >= 0.3 is 0 Å². The number of allylic oxidation sites excluding steroid dienone is 1. The second kappa shape index (κ2) is 6.29. The SMILES string of the molecule is COc1ccc(Cl)cc1C(=O)NCC1(O)C=CCCC1. The molecule has 108 valence electrons. The molecular weight excluding hydrogens is 278 g/mol. The highest BCUT2D eigenvalue weighted by Gasteiger charge is 2.26. The summed E-state index contributed by atoms with van der Waals surface area (Å²) in [5.41, 5.74) is -0.594. The van der Waals surface area contributed by atoms with Crippen LogP contribution in [0.5, 0.6) is 5.75 Å². The summed E-state index contributed by atoms with van der Waals surface area (Å²) in [6.07, 6.45) is 6.24. The minimum Gasteiger partial charge on any atom is -0.496 e. The first-order valence-corrected chi connectivity index (χ1v) is 6.94. The molecule has 1 amide bonds. The molecule has 0 bridgehead atoms. The van der Waals surface area contributed by atoms with Gasteiger partial charge in [0.15, 0.2) is 0 Å². The average Bonchev–Trinajstić information content (AvgIpc) is 2.45. The lowest BCUT2D eigenvalue weighted by Gasteiger charge is -2.27. The molecule has 1 unspecified atom stereocenters. The molecule has 1 aliphatic carbocycles. The summed E-state index contributed by atoms with van der Waals surface area (Å²) < 4.78 is 5.14. The average molecular weight is 296 g/mol. The molecular formula is C15H18ClNO3. The number of hydrogen-bond donors (Lipinski definition) is 2. The largest absolute Gasteiger partial charge is 0.496 e. The van der Waals surface area contributed by atoms with Crippen LogP contribution in [-0.4, -0.2) is 30.3 Å². The third kappa shape index (κ3) is 3.52. The van der Waals surface area contributed by atoms with Crippen LogP contribution < -0.4 is 10.1 Å².